The zero-order chi connectivity index (χ0) is 13.2. The quantitative estimate of drug-likeness (QED) is 0.612. The Bertz CT molecular complexity index is 437. The maximum atomic E-state index is 5.53. The van der Waals surface area contributed by atoms with Crippen LogP contribution in [0.4, 0.5) is 11.6 Å². The van der Waals surface area contributed by atoms with Gasteiger partial charge in [-0.05, 0) is 19.3 Å². The molecular weight excluding hydrogens is 240 g/mol. The number of piperazine rings is 1. The van der Waals surface area contributed by atoms with Gasteiger partial charge in [-0.15, -0.1) is 0 Å². The second kappa shape index (κ2) is 5.30. The SMILES string of the molecule is CCc1c(NN)ncnc1N1CCN(C2CC2)CC1. The van der Waals surface area contributed by atoms with Crippen molar-refractivity contribution in [1.29, 1.82) is 0 Å². The van der Waals surface area contributed by atoms with Crippen molar-refractivity contribution in [1.82, 2.24) is 14.9 Å². The number of nitrogens with one attached hydrogen (secondary N) is 1. The zero-order valence-electron chi connectivity index (χ0n) is 11.5. The van der Waals surface area contributed by atoms with E-state index in [0.717, 1.165) is 55.8 Å². The minimum Gasteiger partial charge on any atom is -0.354 e. The number of hydrogen-bond donors (Lipinski definition) is 2. The number of rotatable bonds is 4. The first-order chi connectivity index (χ1) is 9.33. The molecule has 0 spiro atoms. The molecule has 0 radical (unpaired) electrons. The van der Waals surface area contributed by atoms with Gasteiger partial charge in [0.05, 0.1) is 0 Å². The van der Waals surface area contributed by atoms with E-state index in [1.807, 2.05) is 0 Å². The Balaban J connectivity index is 1.75. The predicted molar refractivity (Wildman–Crippen MR) is 76.0 cm³/mol. The van der Waals surface area contributed by atoms with E-state index in [1.165, 1.54) is 12.8 Å². The number of nitrogens with zero attached hydrogens (tertiary/aromatic N) is 4. The molecule has 6 heteroatoms. The zero-order valence-corrected chi connectivity index (χ0v) is 11.5. The fourth-order valence-corrected chi connectivity index (χ4v) is 2.86. The van der Waals surface area contributed by atoms with Crippen LogP contribution in [0.5, 0.6) is 0 Å². The lowest BCUT2D eigenvalue weighted by atomic mass is 10.2. The van der Waals surface area contributed by atoms with E-state index < -0.39 is 0 Å². The molecule has 0 bridgehead atoms. The fourth-order valence-electron chi connectivity index (χ4n) is 2.86. The smallest absolute Gasteiger partial charge is 0.148 e. The maximum Gasteiger partial charge on any atom is 0.148 e. The summed E-state index contributed by atoms with van der Waals surface area (Å²) in [5.74, 6) is 7.32. The van der Waals surface area contributed by atoms with Crippen LogP contribution in [0, 0.1) is 0 Å². The molecule has 1 aliphatic carbocycles. The van der Waals surface area contributed by atoms with Crippen LogP contribution in [0.2, 0.25) is 0 Å². The van der Waals surface area contributed by atoms with Crippen LogP contribution in [0.25, 0.3) is 0 Å². The molecule has 0 aromatic carbocycles. The monoisotopic (exact) mass is 262 g/mol. The molecule has 2 heterocycles. The molecule has 3 rings (SSSR count). The fraction of sp³-hybridized carbons (Fsp3) is 0.692. The van der Waals surface area contributed by atoms with Gasteiger partial charge < -0.3 is 10.3 Å². The lowest BCUT2D eigenvalue weighted by Gasteiger charge is -2.36. The summed E-state index contributed by atoms with van der Waals surface area (Å²) in [5, 5.41) is 0. The minimum atomic E-state index is 0.747. The maximum absolute atomic E-state index is 5.53. The molecule has 2 fully saturated rings. The Morgan fingerprint density at radius 2 is 2.00 bits per heavy atom. The predicted octanol–water partition coefficient (Wildman–Crippen LogP) is 0.609. The van der Waals surface area contributed by atoms with Crippen LogP contribution >= 0.6 is 0 Å². The van der Waals surface area contributed by atoms with E-state index in [0.29, 0.717) is 0 Å². The molecule has 1 saturated carbocycles. The molecule has 1 aromatic rings. The van der Waals surface area contributed by atoms with Crippen LogP contribution < -0.4 is 16.2 Å². The standard InChI is InChI=1S/C13H22N6/c1-2-11-12(17-14)15-9-16-13(11)19-7-5-18(6-8-19)10-3-4-10/h9-10H,2-8,14H2,1H3,(H,15,16,17). The van der Waals surface area contributed by atoms with Gasteiger partial charge in [-0.25, -0.2) is 15.8 Å². The third-order valence-electron chi connectivity index (χ3n) is 4.09. The highest BCUT2D eigenvalue weighted by atomic mass is 15.3. The van der Waals surface area contributed by atoms with E-state index in [9.17, 15) is 0 Å². The van der Waals surface area contributed by atoms with Crippen molar-refractivity contribution in [2.45, 2.75) is 32.2 Å². The number of nitrogens with two attached hydrogens (primary N) is 1. The van der Waals surface area contributed by atoms with Crippen molar-refractivity contribution in [2.75, 3.05) is 36.5 Å². The Morgan fingerprint density at radius 3 is 2.58 bits per heavy atom. The summed E-state index contributed by atoms with van der Waals surface area (Å²) >= 11 is 0. The van der Waals surface area contributed by atoms with Crippen LogP contribution in [-0.4, -0.2) is 47.1 Å². The Kier molecular flexibility index (Phi) is 3.52. The molecular formula is C13H22N6. The van der Waals surface area contributed by atoms with Crippen molar-refractivity contribution in [3.63, 3.8) is 0 Å². The molecule has 19 heavy (non-hydrogen) atoms. The molecule has 0 atom stereocenters. The summed E-state index contributed by atoms with van der Waals surface area (Å²) in [6.07, 6.45) is 5.25. The van der Waals surface area contributed by atoms with Crippen molar-refractivity contribution in [2.24, 2.45) is 5.84 Å². The number of nitrogen functional groups attached to an aromatic ring is 1. The number of hydrazine groups is 1. The van der Waals surface area contributed by atoms with Crippen molar-refractivity contribution in [3.8, 4) is 0 Å². The third kappa shape index (κ3) is 2.50. The van der Waals surface area contributed by atoms with Gasteiger partial charge >= 0.3 is 0 Å². The van der Waals surface area contributed by atoms with E-state index in [1.54, 1.807) is 6.33 Å². The van der Waals surface area contributed by atoms with Crippen molar-refractivity contribution < 1.29 is 0 Å². The first-order valence-electron chi connectivity index (χ1n) is 7.13. The second-order valence-electron chi connectivity index (χ2n) is 5.28. The Morgan fingerprint density at radius 1 is 1.26 bits per heavy atom. The molecule has 6 nitrogen and oxygen atoms in total. The first-order valence-corrected chi connectivity index (χ1v) is 7.13. The summed E-state index contributed by atoms with van der Waals surface area (Å²) in [6.45, 7) is 6.49. The van der Waals surface area contributed by atoms with E-state index >= 15 is 0 Å². The first kappa shape index (κ1) is 12.6. The molecule has 1 aromatic heterocycles. The molecule has 0 unspecified atom stereocenters. The molecule has 104 valence electrons. The van der Waals surface area contributed by atoms with Crippen molar-refractivity contribution >= 4 is 11.6 Å². The summed E-state index contributed by atoms with van der Waals surface area (Å²) in [6, 6.07) is 0.861. The molecule has 1 aliphatic heterocycles. The molecule has 1 saturated heterocycles. The second-order valence-corrected chi connectivity index (χ2v) is 5.28. The lowest BCUT2D eigenvalue weighted by Crippen LogP contribution is -2.47. The van der Waals surface area contributed by atoms with Gasteiger partial charge in [0.25, 0.3) is 0 Å². The van der Waals surface area contributed by atoms with Crippen LogP contribution in [0.1, 0.15) is 25.3 Å². The molecule has 2 aliphatic rings. The third-order valence-corrected chi connectivity index (χ3v) is 4.09. The highest BCUT2D eigenvalue weighted by Gasteiger charge is 2.31. The molecule has 0 amide bonds. The minimum absolute atomic E-state index is 0.747. The van der Waals surface area contributed by atoms with Crippen molar-refractivity contribution in [3.05, 3.63) is 11.9 Å². The van der Waals surface area contributed by atoms with Gasteiger partial charge in [-0.1, -0.05) is 6.92 Å². The lowest BCUT2D eigenvalue weighted by molar-refractivity contribution is 0.247. The average molecular weight is 262 g/mol. The number of aromatic nitrogens is 2. The average Bonchev–Trinajstić information content (AvgIpc) is 3.31. The van der Waals surface area contributed by atoms with E-state index in [-0.39, 0.29) is 0 Å². The summed E-state index contributed by atoms with van der Waals surface area (Å²) in [7, 11) is 0. The number of hydrogen-bond acceptors (Lipinski definition) is 6. The van der Waals surface area contributed by atoms with Crippen LogP contribution in [-0.2, 0) is 6.42 Å². The van der Waals surface area contributed by atoms with Crippen LogP contribution in [0.15, 0.2) is 6.33 Å². The number of anilines is 2. The van der Waals surface area contributed by atoms with Gasteiger partial charge in [0.15, 0.2) is 0 Å². The van der Waals surface area contributed by atoms with Gasteiger partial charge in [0, 0.05) is 37.8 Å². The normalized spacial score (nSPS) is 20.6. The summed E-state index contributed by atoms with van der Waals surface area (Å²) in [5.41, 5.74) is 3.79. The van der Waals surface area contributed by atoms with Crippen LogP contribution in [0.3, 0.4) is 0 Å². The van der Waals surface area contributed by atoms with Gasteiger partial charge in [0.2, 0.25) is 0 Å². The summed E-state index contributed by atoms with van der Waals surface area (Å²) in [4.78, 5) is 13.6. The van der Waals surface area contributed by atoms with Gasteiger partial charge in [-0.3, -0.25) is 4.90 Å². The summed E-state index contributed by atoms with van der Waals surface area (Å²) < 4.78 is 0. The Labute approximate surface area is 114 Å². The van der Waals surface area contributed by atoms with E-state index in [2.05, 4.69) is 32.1 Å². The highest BCUT2D eigenvalue weighted by Crippen LogP contribution is 2.29. The van der Waals surface area contributed by atoms with E-state index in [4.69, 9.17) is 5.84 Å². The topological polar surface area (TPSA) is 70.3 Å². The molecule has 3 N–H and O–H groups in total. The highest BCUT2D eigenvalue weighted by molar-refractivity contribution is 5.58. The van der Waals surface area contributed by atoms with Gasteiger partial charge in [-0.2, -0.15) is 0 Å². The Hall–Kier alpha value is -1.40. The largest absolute Gasteiger partial charge is 0.354 e. The van der Waals surface area contributed by atoms with Gasteiger partial charge in [0.1, 0.15) is 18.0 Å².